The lowest BCUT2D eigenvalue weighted by molar-refractivity contribution is 0.0655. The van der Waals surface area contributed by atoms with Gasteiger partial charge in [0.25, 0.3) is 0 Å². The molecule has 10 heteroatoms. The molecule has 1 fully saturated rings. The minimum atomic E-state index is -1.37. The van der Waals surface area contributed by atoms with Crippen LogP contribution >= 0.6 is 0 Å². The Morgan fingerprint density at radius 1 is 1.32 bits per heavy atom. The quantitative estimate of drug-likeness (QED) is 0.686. The van der Waals surface area contributed by atoms with Gasteiger partial charge in [-0.3, -0.25) is 0 Å². The molecule has 2 heterocycles. The van der Waals surface area contributed by atoms with Crippen molar-refractivity contribution in [2.45, 2.75) is 16.9 Å². The number of halogens is 1. The summed E-state index contributed by atoms with van der Waals surface area (Å²) in [5.74, 6) is -0.862. The normalized spacial score (nSPS) is 19.8. The Bertz CT molecular complexity index is 942. The maximum atomic E-state index is 12.5. The van der Waals surface area contributed by atoms with Crippen molar-refractivity contribution in [3.63, 3.8) is 0 Å². The molecule has 3 rings (SSSR count). The van der Waals surface area contributed by atoms with Gasteiger partial charge in [0, 0.05) is 31.9 Å². The van der Waals surface area contributed by atoms with Crippen LogP contribution in [0.3, 0.4) is 0 Å². The Balaban J connectivity index is 0.000000237. The van der Waals surface area contributed by atoms with E-state index >= 15 is 0 Å². The molecule has 0 bridgehead atoms. The smallest absolute Gasteiger partial charge is 0.144 e. The van der Waals surface area contributed by atoms with Crippen LogP contribution in [0.4, 0.5) is 4.39 Å². The number of β-amino-alcohol motifs (C(OH)–C–C–N with tert-alkyl or cyclic N) is 1. The predicted octanol–water partition coefficient (Wildman–Crippen LogP) is 0.774. The van der Waals surface area contributed by atoms with Crippen molar-refractivity contribution >= 4 is 11.0 Å². The molecular formula is C18H18FN5O3S. The second kappa shape index (κ2) is 9.35. The topological polar surface area (TPSA) is 147 Å². The molecule has 2 atom stereocenters. The van der Waals surface area contributed by atoms with Gasteiger partial charge in [-0.05, 0) is 30.7 Å². The first-order valence-corrected chi connectivity index (χ1v) is 9.26. The molecule has 1 aliphatic heterocycles. The number of rotatable bonds is 3. The van der Waals surface area contributed by atoms with Crippen molar-refractivity contribution in [3.05, 3.63) is 53.6 Å². The van der Waals surface area contributed by atoms with Crippen LogP contribution in [0.25, 0.3) is 0 Å². The van der Waals surface area contributed by atoms with E-state index < -0.39 is 22.4 Å². The minimum Gasteiger partial charge on any atom is -0.508 e. The van der Waals surface area contributed by atoms with Gasteiger partial charge in [0.05, 0.1) is 16.1 Å². The van der Waals surface area contributed by atoms with Crippen LogP contribution < -0.4 is 5.73 Å². The summed E-state index contributed by atoms with van der Waals surface area (Å²) in [7, 11) is -1.37. The van der Waals surface area contributed by atoms with Gasteiger partial charge in [0.2, 0.25) is 0 Å². The maximum absolute atomic E-state index is 12.5. The van der Waals surface area contributed by atoms with Crippen molar-refractivity contribution in [1.82, 2.24) is 9.29 Å². The lowest BCUT2D eigenvalue weighted by atomic mass is 10.1. The second-order valence-corrected chi connectivity index (χ2v) is 7.54. The molecule has 8 nitrogen and oxygen atoms in total. The highest BCUT2D eigenvalue weighted by molar-refractivity contribution is 7.82. The van der Waals surface area contributed by atoms with Crippen molar-refractivity contribution in [3.8, 4) is 17.9 Å². The molecule has 1 aromatic carbocycles. The fourth-order valence-corrected chi connectivity index (χ4v) is 3.66. The van der Waals surface area contributed by atoms with Crippen LogP contribution in [0, 0.1) is 28.5 Å². The molecule has 28 heavy (non-hydrogen) atoms. The third-order valence-corrected chi connectivity index (χ3v) is 5.46. The van der Waals surface area contributed by atoms with Crippen LogP contribution in [0.15, 0.2) is 41.4 Å². The first kappa shape index (κ1) is 21.4. The summed E-state index contributed by atoms with van der Waals surface area (Å²) in [4.78, 5) is 4.40. The van der Waals surface area contributed by atoms with E-state index in [9.17, 15) is 13.7 Å². The number of pyridine rings is 1. The van der Waals surface area contributed by atoms with E-state index in [1.165, 1.54) is 24.4 Å². The molecule has 0 radical (unpaired) electrons. The van der Waals surface area contributed by atoms with Gasteiger partial charge in [0.1, 0.15) is 40.4 Å². The third-order valence-electron chi connectivity index (χ3n) is 4.04. The summed E-state index contributed by atoms with van der Waals surface area (Å²) < 4.78 is 26.3. The van der Waals surface area contributed by atoms with Gasteiger partial charge in [-0.25, -0.2) is 17.9 Å². The first-order chi connectivity index (χ1) is 13.3. The summed E-state index contributed by atoms with van der Waals surface area (Å²) in [6, 6.07) is 10.1. The summed E-state index contributed by atoms with van der Waals surface area (Å²) >= 11 is 0. The molecule has 2 unspecified atom stereocenters. The first-order valence-electron chi connectivity index (χ1n) is 8.16. The van der Waals surface area contributed by atoms with Gasteiger partial charge in [-0.2, -0.15) is 10.5 Å². The predicted molar refractivity (Wildman–Crippen MR) is 98.3 cm³/mol. The van der Waals surface area contributed by atoms with E-state index in [0.717, 1.165) is 6.07 Å². The number of aromatic nitrogens is 1. The minimum absolute atomic E-state index is 0.0576. The number of phenolic OH excluding ortho intramolecular Hbond substituents is 1. The van der Waals surface area contributed by atoms with E-state index in [2.05, 4.69) is 4.98 Å². The molecule has 1 aromatic heterocycles. The second-order valence-electron chi connectivity index (χ2n) is 6.06. The number of aromatic hydroxyl groups is 1. The number of nitrogens with zero attached hydrogens (tertiary/aromatic N) is 4. The molecule has 0 amide bonds. The highest BCUT2D eigenvalue weighted by atomic mass is 32.2. The Morgan fingerprint density at radius 3 is 2.57 bits per heavy atom. The summed E-state index contributed by atoms with van der Waals surface area (Å²) in [5, 5.41) is 35.5. The number of hydrogen-bond donors (Lipinski definition) is 3. The lowest BCUT2D eigenvalue weighted by Crippen LogP contribution is -2.40. The number of hydrogen-bond acceptors (Lipinski definition) is 7. The van der Waals surface area contributed by atoms with E-state index in [0.29, 0.717) is 17.9 Å². The zero-order valence-corrected chi connectivity index (χ0v) is 15.6. The summed E-state index contributed by atoms with van der Waals surface area (Å²) in [6.45, 7) is 0.975. The zero-order chi connectivity index (χ0) is 20.7. The third kappa shape index (κ3) is 5.31. The molecule has 0 spiro atoms. The number of nitriles is 2. The van der Waals surface area contributed by atoms with Crippen molar-refractivity contribution in [2.75, 3.05) is 19.6 Å². The maximum Gasteiger partial charge on any atom is 0.144 e. The largest absolute Gasteiger partial charge is 0.508 e. The van der Waals surface area contributed by atoms with E-state index in [-0.39, 0.29) is 30.1 Å². The Morgan fingerprint density at radius 2 is 2.07 bits per heavy atom. The molecule has 0 aliphatic carbocycles. The average molecular weight is 403 g/mol. The zero-order valence-electron chi connectivity index (χ0n) is 14.7. The van der Waals surface area contributed by atoms with Gasteiger partial charge in [-0.1, -0.05) is 0 Å². The number of nitrogens with two attached hydrogens (primary N) is 1. The van der Waals surface area contributed by atoms with E-state index in [1.54, 1.807) is 16.4 Å². The van der Waals surface area contributed by atoms with Crippen LogP contribution in [0.5, 0.6) is 5.75 Å². The highest BCUT2D eigenvalue weighted by Crippen LogP contribution is 2.24. The SMILES string of the molecule is N#Cc1ccc(O)cc1F.N#Cc1ccc(S(=O)N2CCC(O)(CN)C2)cn1. The molecule has 146 valence electrons. The van der Waals surface area contributed by atoms with Crippen LogP contribution in [0.2, 0.25) is 0 Å². The van der Waals surface area contributed by atoms with Gasteiger partial charge in [0.15, 0.2) is 0 Å². The monoisotopic (exact) mass is 403 g/mol. The number of benzene rings is 1. The van der Waals surface area contributed by atoms with Gasteiger partial charge < -0.3 is 15.9 Å². The average Bonchev–Trinajstić information content (AvgIpc) is 3.11. The van der Waals surface area contributed by atoms with Crippen LogP contribution in [-0.2, 0) is 11.0 Å². The fraction of sp³-hybridized carbons (Fsp3) is 0.278. The summed E-state index contributed by atoms with van der Waals surface area (Å²) in [5.41, 5.74) is 4.76. The van der Waals surface area contributed by atoms with Crippen LogP contribution in [0.1, 0.15) is 17.7 Å². The molecule has 1 saturated heterocycles. The van der Waals surface area contributed by atoms with Crippen molar-refractivity contribution in [2.24, 2.45) is 5.73 Å². The van der Waals surface area contributed by atoms with Crippen molar-refractivity contribution < 1.29 is 18.8 Å². The summed E-state index contributed by atoms with van der Waals surface area (Å²) in [6.07, 6.45) is 1.94. The molecule has 0 saturated carbocycles. The molecular weight excluding hydrogens is 385 g/mol. The highest BCUT2D eigenvalue weighted by Gasteiger charge is 2.37. The Labute approximate surface area is 163 Å². The van der Waals surface area contributed by atoms with Gasteiger partial charge in [-0.15, -0.1) is 0 Å². The molecule has 4 N–H and O–H groups in total. The van der Waals surface area contributed by atoms with Crippen molar-refractivity contribution in [1.29, 1.82) is 10.5 Å². The standard InChI is InChI=1S/C11H14N4O2S.C7H4FNO/c12-5-9-1-2-10(6-14-9)18(17)15-4-3-11(16,7-13)8-15;8-7-3-6(10)2-1-5(7)4-9/h1-2,6,16H,3-4,7-8,13H2;1-3,10H. The Kier molecular flexibility index (Phi) is 7.15. The van der Waals surface area contributed by atoms with Gasteiger partial charge >= 0.3 is 0 Å². The number of phenols is 1. The molecule has 1 aliphatic rings. The van der Waals surface area contributed by atoms with Crippen LogP contribution in [-0.4, -0.2) is 48.9 Å². The fourth-order valence-electron chi connectivity index (χ4n) is 2.42. The molecule has 2 aromatic rings. The Hall–Kier alpha value is -2.89. The van der Waals surface area contributed by atoms with E-state index in [4.69, 9.17) is 21.4 Å². The van der Waals surface area contributed by atoms with E-state index in [1.807, 2.05) is 6.07 Å². The lowest BCUT2D eigenvalue weighted by Gasteiger charge is -2.20. The number of aliphatic hydroxyl groups is 1.